The Hall–Kier alpha value is -5.35. The summed E-state index contributed by atoms with van der Waals surface area (Å²) in [5.41, 5.74) is 3.00. The van der Waals surface area contributed by atoms with Crippen LogP contribution < -0.4 is 32.9 Å². The second-order valence-electron chi connectivity index (χ2n) is 9.43. The standard InChI is InChI=1S/C25H26F3N9O5/c1-12(13(2)38)37-11-30-20(32-17-19(29)35(3)24(42)34-22(17)40)18(23(37)41)33-21(39)15-8-31-36(10-15)9-14-5-4-6-16(7-14)25(26,27)28/h4-8,10,12,30,32H,9,11,29H2,1-3H3,(H,33,39)(H,34,40,42). The zero-order valence-corrected chi connectivity index (χ0v) is 22.5. The number of anilines is 2. The molecule has 1 unspecified atom stereocenters. The molecule has 1 aromatic carbocycles. The van der Waals surface area contributed by atoms with Crippen LogP contribution in [0, 0.1) is 0 Å². The maximum atomic E-state index is 13.4. The summed E-state index contributed by atoms with van der Waals surface area (Å²) < 4.78 is 41.4. The van der Waals surface area contributed by atoms with E-state index in [1.807, 2.05) is 0 Å². The summed E-state index contributed by atoms with van der Waals surface area (Å²) in [6, 6.07) is 3.76. The van der Waals surface area contributed by atoms with Crippen molar-refractivity contribution in [3.63, 3.8) is 0 Å². The summed E-state index contributed by atoms with van der Waals surface area (Å²) in [5, 5.41) is 11.9. The van der Waals surface area contributed by atoms with E-state index < -0.39 is 40.8 Å². The lowest BCUT2D eigenvalue weighted by Crippen LogP contribution is -2.55. The average molecular weight is 590 g/mol. The van der Waals surface area contributed by atoms with Crippen LogP contribution in [0.1, 0.15) is 35.3 Å². The molecule has 0 aliphatic carbocycles. The van der Waals surface area contributed by atoms with Crippen molar-refractivity contribution >= 4 is 29.1 Å². The number of amides is 2. The Morgan fingerprint density at radius 3 is 2.60 bits per heavy atom. The van der Waals surface area contributed by atoms with Crippen molar-refractivity contribution in [1.29, 1.82) is 0 Å². The van der Waals surface area contributed by atoms with Crippen LogP contribution in [0.25, 0.3) is 0 Å². The molecule has 222 valence electrons. The van der Waals surface area contributed by atoms with Crippen LogP contribution in [0.2, 0.25) is 0 Å². The fraction of sp³-hybridized carbons (Fsp3) is 0.280. The quantitative estimate of drug-likeness (QED) is 0.246. The molecule has 14 nitrogen and oxygen atoms in total. The minimum absolute atomic E-state index is 0.0437. The fourth-order valence-electron chi connectivity index (χ4n) is 4.00. The summed E-state index contributed by atoms with van der Waals surface area (Å²) in [5.74, 6) is -2.33. The lowest BCUT2D eigenvalue weighted by Gasteiger charge is -2.34. The topological polar surface area (TPSA) is 189 Å². The highest BCUT2D eigenvalue weighted by atomic mass is 19.4. The number of carbonyl (C=O) groups excluding carboxylic acids is 3. The van der Waals surface area contributed by atoms with Gasteiger partial charge in [-0.05, 0) is 31.5 Å². The van der Waals surface area contributed by atoms with Gasteiger partial charge in [0, 0.05) is 13.2 Å². The number of nitrogens with two attached hydrogens (primary N) is 1. The Morgan fingerprint density at radius 1 is 1.21 bits per heavy atom. The number of halogens is 3. The van der Waals surface area contributed by atoms with Gasteiger partial charge in [0.25, 0.3) is 17.4 Å². The van der Waals surface area contributed by atoms with Crippen molar-refractivity contribution in [3.8, 4) is 0 Å². The molecule has 3 aromatic rings. The molecule has 0 fully saturated rings. The summed E-state index contributed by atoms with van der Waals surface area (Å²) in [6.07, 6.45) is -2.10. The molecule has 6 N–H and O–H groups in total. The molecule has 42 heavy (non-hydrogen) atoms. The Kier molecular flexibility index (Phi) is 7.94. The number of benzene rings is 1. The number of ketones is 1. The lowest BCUT2D eigenvalue weighted by atomic mass is 10.1. The molecule has 1 atom stereocenters. The molecule has 0 spiro atoms. The summed E-state index contributed by atoms with van der Waals surface area (Å²) >= 11 is 0. The number of aromatic amines is 1. The van der Waals surface area contributed by atoms with Crippen LogP contribution in [-0.4, -0.2) is 54.5 Å². The predicted molar refractivity (Wildman–Crippen MR) is 143 cm³/mol. The minimum atomic E-state index is -4.52. The van der Waals surface area contributed by atoms with Gasteiger partial charge in [-0.3, -0.25) is 33.4 Å². The van der Waals surface area contributed by atoms with E-state index in [0.717, 1.165) is 27.8 Å². The third kappa shape index (κ3) is 6.03. The Morgan fingerprint density at radius 2 is 1.93 bits per heavy atom. The number of nitrogens with one attached hydrogen (secondary N) is 4. The first-order valence-corrected chi connectivity index (χ1v) is 12.3. The number of aromatic nitrogens is 4. The van der Waals surface area contributed by atoms with Gasteiger partial charge in [0.05, 0.1) is 36.6 Å². The van der Waals surface area contributed by atoms with E-state index in [9.17, 15) is 37.1 Å². The van der Waals surface area contributed by atoms with Crippen LogP contribution in [-0.2, 0) is 29.4 Å². The zero-order valence-electron chi connectivity index (χ0n) is 22.5. The molecular weight excluding hydrogens is 563 g/mol. The molecule has 0 saturated carbocycles. The maximum absolute atomic E-state index is 13.4. The van der Waals surface area contributed by atoms with Crippen LogP contribution >= 0.6 is 0 Å². The predicted octanol–water partition coefficient (Wildman–Crippen LogP) is 0.297. The molecule has 0 saturated heterocycles. The molecule has 0 radical (unpaired) electrons. The highest BCUT2D eigenvalue weighted by Gasteiger charge is 2.34. The third-order valence-corrected chi connectivity index (χ3v) is 6.56. The Labute approximate surface area is 235 Å². The van der Waals surface area contributed by atoms with Crippen molar-refractivity contribution in [1.82, 2.24) is 34.9 Å². The van der Waals surface area contributed by atoms with Crippen molar-refractivity contribution in [2.75, 3.05) is 17.7 Å². The molecule has 4 rings (SSSR count). The highest BCUT2D eigenvalue weighted by Crippen LogP contribution is 2.29. The SMILES string of the molecule is CC(=O)C(C)N1CNC(Nc2c(N)n(C)c(=O)[nH]c2=O)=C(NC(=O)c2cnn(Cc3cccc(C(F)(F)F)c3)c2)C1=O. The molecular formula is C25H26F3N9O5. The summed E-state index contributed by atoms with van der Waals surface area (Å²) in [4.78, 5) is 66.1. The number of nitrogen functional groups attached to an aromatic ring is 1. The van der Waals surface area contributed by atoms with Gasteiger partial charge in [-0.2, -0.15) is 18.3 Å². The van der Waals surface area contributed by atoms with Crippen molar-refractivity contribution in [2.45, 2.75) is 32.6 Å². The summed E-state index contributed by atoms with van der Waals surface area (Å²) in [6.45, 7) is 2.52. The monoisotopic (exact) mass is 589 g/mol. The van der Waals surface area contributed by atoms with Crippen LogP contribution in [0.3, 0.4) is 0 Å². The van der Waals surface area contributed by atoms with Crippen molar-refractivity contribution < 1.29 is 27.6 Å². The first-order valence-electron chi connectivity index (χ1n) is 12.3. The average Bonchev–Trinajstić information content (AvgIpc) is 3.39. The van der Waals surface area contributed by atoms with Gasteiger partial charge in [-0.25, -0.2) is 4.79 Å². The molecule has 17 heteroatoms. The van der Waals surface area contributed by atoms with E-state index in [1.165, 1.54) is 43.9 Å². The van der Waals surface area contributed by atoms with E-state index in [1.54, 1.807) is 0 Å². The fourth-order valence-corrected chi connectivity index (χ4v) is 4.00. The summed E-state index contributed by atoms with van der Waals surface area (Å²) in [7, 11) is 1.31. The first-order chi connectivity index (χ1) is 19.7. The van der Waals surface area contributed by atoms with E-state index >= 15 is 0 Å². The second-order valence-corrected chi connectivity index (χ2v) is 9.43. The Bertz CT molecular complexity index is 1720. The number of Topliss-reactive ketones (excluding diaryl/α,β-unsaturated/α-hetero) is 1. The number of hydrogen-bond acceptors (Lipinski definition) is 9. The third-order valence-electron chi connectivity index (χ3n) is 6.56. The van der Waals surface area contributed by atoms with Gasteiger partial charge in [0.15, 0.2) is 5.78 Å². The highest BCUT2D eigenvalue weighted by molar-refractivity contribution is 6.04. The minimum Gasteiger partial charge on any atom is -0.383 e. The number of nitrogens with zero attached hydrogens (tertiary/aromatic N) is 4. The normalized spacial score (nSPS) is 14.4. The molecule has 2 amide bonds. The first kappa shape index (κ1) is 29.6. The second kappa shape index (κ2) is 11.3. The van der Waals surface area contributed by atoms with Gasteiger partial charge in [0.2, 0.25) is 0 Å². The number of rotatable bonds is 8. The van der Waals surface area contributed by atoms with Gasteiger partial charge in [-0.15, -0.1) is 0 Å². The molecule has 0 bridgehead atoms. The van der Waals surface area contributed by atoms with Crippen LogP contribution in [0.15, 0.2) is 57.8 Å². The van der Waals surface area contributed by atoms with Gasteiger partial charge < -0.3 is 26.6 Å². The lowest BCUT2D eigenvalue weighted by molar-refractivity contribution is -0.137. The van der Waals surface area contributed by atoms with E-state index in [4.69, 9.17) is 5.73 Å². The number of alkyl halides is 3. The molecule has 1 aliphatic rings. The van der Waals surface area contributed by atoms with Crippen LogP contribution in [0.5, 0.6) is 0 Å². The number of H-pyrrole nitrogens is 1. The van der Waals surface area contributed by atoms with Crippen molar-refractivity contribution in [2.24, 2.45) is 7.05 Å². The largest absolute Gasteiger partial charge is 0.416 e. The Balaban J connectivity index is 1.64. The number of hydrogen-bond donors (Lipinski definition) is 5. The maximum Gasteiger partial charge on any atom is 0.416 e. The van der Waals surface area contributed by atoms with E-state index in [2.05, 4.69) is 26.0 Å². The van der Waals surface area contributed by atoms with E-state index in [0.29, 0.717) is 0 Å². The van der Waals surface area contributed by atoms with Crippen LogP contribution in [0.4, 0.5) is 24.7 Å². The molecule has 3 heterocycles. The van der Waals surface area contributed by atoms with Gasteiger partial charge >= 0.3 is 11.9 Å². The smallest absolute Gasteiger partial charge is 0.383 e. The molecule has 2 aromatic heterocycles. The van der Waals surface area contributed by atoms with Crippen molar-refractivity contribution in [3.05, 3.63) is 85.7 Å². The van der Waals surface area contributed by atoms with Gasteiger partial charge in [-0.1, -0.05) is 12.1 Å². The zero-order chi connectivity index (χ0) is 30.9. The number of carbonyl (C=O) groups is 3. The van der Waals surface area contributed by atoms with E-state index in [-0.39, 0.29) is 53.1 Å². The van der Waals surface area contributed by atoms with Gasteiger partial charge in [0.1, 0.15) is 23.0 Å². The molecule has 1 aliphatic heterocycles.